The molecule has 19 heavy (non-hydrogen) atoms. The van der Waals surface area contributed by atoms with Crippen molar-refractivity contribution >= 4 is 11.6 Å². The molecular formula is C10H3ClF4N4. The number of benzene rings is 1. The van der Waals surface area contributed by atoms with Crippen LogP contribution in [0.15, 0.2) is 12.1 Å². The van der Waals surface area contributed by atoms with Crippen LogP contribution in [-0.2, 0) is 6.18 Å². The smallest absolute Gasteiger partial charge is 0.247 e. The van der Waals surface area contributed by atoms with Gasteiger partial charge in [-0.25, -0.2) is 9.49 Å². The van der Waals surface area contributed by atoms with E-state index < -0.39 is 28.1 Å². The van der Waals surface area contributed by atoms with Crippen LogP contribution in [-0.4, -0.2) is 15.4 Å². The van der Waals surface area contributed by atoms with Crippen molar-refractivity contribution in [3.8, 4) is 17.3 Å². The molecule has 0 saturated heterocycles. The van der Waals surface area contributed by atoms with Crippen molar-refractivity contribution in [2.75, 3.05) is 0 Å². The van der Waals surface area contributed by atoms with Gasteiger partial charge in [0.05, 0.1) is 10.6 Å². The summed E-state index contributed by atoms with van der Waals surface area (Å²) in [5, 5.41) is 16.8. The normalized spacial score (nSPS) is 11.4. The van der Waals surface area contributed by atoms with Crippen LogP contribution in [0.2, 0.25) is 5.02 Å². The Bertz CT molecular complexity index is 671. The number of alkyl halides is 3. The Labute approximate surface area is 108 Å². The van der Waals surface area contributed by atoms with Gasteiger partial charge in [-0.3, -0.25) is 0 Å². The summed E-state index contributed by atoms with van der Waals surface area (Å²) in [7, 11) is 0. The van der Waals surface area contributed by atoms with E-state index in [1.54, 1.807) is 6.07 Å². The van der Waals surface area contributed by atoms with Gasteiger partial charge in [0.15, 0.2) is 11.5 Å². The highest BCUT2D eigenvalue weighted by atomic mass is 35.5. The molecule has 4 nitrogen and oxygen atoms in total. The molecule has 0 amide bonds. The number of nitrogens with one attached hydrogen (secondary N) is 1. The van der Waals surface area contributed by atoms with Gasteiger partial charge in [0.2, 0.25) is 0 Å². The topological polar surface area (TPSA) is 65.4 Å². The first kappa shape index (κ1) is 13.3. The summed E-state index contributed by atoms with van der Waals surface area (Å²) in [4.78, 5) is 0. The second-order valence-corrected chi connectivity index (χ2v) is 3.87. The quantitative estimate of drug-likeness (QED) is 0.820. The second kappa shape index (κ2) is 4.51. The lowest BCUT2D eigenvalue weighted by atomic mass is 10.1. The maximum Gasteiger partial charge on any atom is 0.416 e. The Morgan fingerprint density at radius 1 is 1.32 bits per heavy atom. The van der Waals surface area contributed by atoms with E-state index in [-0.39, 0.29) is 11.4 Å². The molecule has 0 aliphatic carbocycles. The average Bonchev–Trinajstić information content (AvgIpc) is 2.79. The van der Waals surface area contributed by atoms with Crippen molar-refractivity contribution < 1.29 is 17.6 Å². The third-order valence-electron chi connectivity index (χ3n) is 2.27. The molecule has 1 aromatic heterocycles. The maximum atomic E-state index is 13.8. The number of H-pyrrole nitrogens is 1. The van der Waals surface area contributed by atoms with Crippen molar-refractivity contribution in [2.24, 2.45) is 0 Å². The van der Waals surface area contributed by atoms with E-state index in [1.165, 1.54) is 0 Å². The summed E-state index contributed by atoms with van der Waals surface area (Å²) in [5.41, 5.74) is -2.26. The largest absolute Gasteiger partial charge is 0.416 e. The maximum absolute atomic E-state index is 13.8. The zero-order valence-electron chi connectivity index (χ0n) is 8.89. The standard InChI is InChI=1S/C10H3ClF4N4/c11-6-2-4(10(13,14)15)1-5(8(6)12)9-7(3-16)17-19-18-9/h1-2H,(H,17,18,19). The van der Waals surface area contributed by atoms with E-state index in [0.29, 0.717) is 12.1 Å². The fourth-order valence-electron chi connectivity index (χ4n) is 1.42. The predicted molar refractivity (Wildman–Crippen MR) is 56.5 cm³/mol. The minimum Gasteiger partial charge on any atom is -0.247 e. The molecule has 98 valence electrons. The van der Waals surface area contributed by atoms with Crippen LogP contribution in [0.1, 0.15) is 11.3 Å². The summed E-state index contributed by atoms with van der Waals surface area (Å²) < 4.78 is 51.6. The Hall–Kier alpha value is -2.14. The van der Waals surface area contributed by atoms with Crippen molar-refractivity contribution in [2.45, 2.75) is 6.18 Å². The lowest BCUT2D eigenvalue weighted by molar-refractivity contribution is -0.137. The molecule has 0 fully saturated rings. The van der Waals surface area contributed by atoms with E-state index in [2.05, 4.69) is 15.4 Å². The van der Waals surface area contributed by atoms with Crippen molar-refractivity contribution in [1.82, 2.24) is 15.4 Å². The molecule has 2 aromatic rings. The fraction of sp³-hybridized carbons (Fsp3) is 0.100. The first-order valence-corrected chi connectivity index (χ1v) is 5.10. The fourth-order valence-corrected chi connectivity index (χ4v) is 1.64. The summed E-state index contributed by atoms with van der Waals surface area (Å²) >= 11 is 5.42. The number of nitriles is 1. The van der Waals surface area contributed by atoms with E-state index in [9.17, 15) is 17.6 Å². The van der Waals surface area contributed by atoms with Gasteiger partial charge in [0.25, 0.3) is 0 Å². The lowest BCUT2D eigenvalue weighted by Crippen LogP contribution is -2.06. The number of aromatic nitrogens is 3. The number of hydrogen-bond acceptors (Lipinski definition) is 3. The van der Waals surface area contributed by atoms with Crippen LogP contribution in [0.4, 0.5) is 17.6 Å². The van der Waals surface area contributed by atoms with Gasteiger partial charge < -0.3 is 0 Å². The van der Waals surface area contributed by atoms with Crippen LogP contribution in [0.3, 0.4) is 0 Å². The predicted octanol–water partition coefficient (Wildman–Crippen LogP) is 3.15. The van der Waals surface area contributed by atoms with Gasteiger partial charge in [-0.15, -0.1) is 5.10 Å². The van der Waals surface area contributed by atoms with Crippen molar-refractivity contribution in [1.29, 1.82) is 5.26 Å². The highest BCUT2D eigenvalue weighted by Gasteiger charge is 2.33. The Kier molecular flexibility index (Phi) is 3.16. The number of aromatic amines is 1. The molecule has 0 atom stereocenters. The molecule has 9 heteroatoms. The van der Waals surface area contributed by atoms with Gasteiger partial charge in [0, 0.05) is 5.56 Å². The minimum absolute atomic E-state index is 0.255. The summed E-state index contributed by atoms with van der Waals surface area (Å²) in [6.45, 7) is 0. The van der Waals surface area contributed by atoms with E-state index in [4.69, 9.17) is 16.9 Å². The molecule has 1 heterocycles. The van der Waals surface area contributed by atoms with Gasteiger partial charge in [-0.05, 0) is 12.1 Å². The summed E-state index contributed by atoms with van der Waals surface area (Å²) in [6.07, 6.45) is -4.69. The minimum atomic E-state index is -4.69. The molecular weight excluding hydrogens is 288 g/mol. The monoisotopic (exact) mass is 290 g/mol. The highest BCUT2D eigenvalue weighted by molar-refractivity contribution is 6.31. The van der Waals surface area contributed by atoms with Crippen LogP contribution in [0, 0.1) is 17.1 Å². The van der Waals surface area contributed by atoms with Crippen molar-refractivity contribution in [3.05, 3.63) is 34.2 Å². The molecule has 0 aliphatic heterocycles. The zero-order chi connectivity index (χ0) is 14.2. The molecule has 2 rings (SSSR count). The zero-order valence-corrected chi connectivity index (χ0v) is 9.64. The van der Waals surface area contributed by atoms with Gasteiger partial charge in [-0.1, -0.05) is 16.8 Å². The SMILES string of the molecule is N#Cc1[nH]nnc1-c1cc(C(F)(F)F)cc(Cl)c1F. The highest BCUT2D eigenvalue weighted by Crippen LogP contribution is 2.36. The van der Waals surface area contributed by atoms with E-state index >= 15 is 0 Å². The Morgan fingerprint density at radius 3 is 2.58 bits per heavy atom. The van der Waals surface area contributed by atoms with Gasteiger partial charge in [-0.2, -0.15) is 18.4 Å². The third kappa shape index (κ3) is 2.37. The first-order chi connectivity index (χ1) is 8.84. The van der Waals surface area contributed by atoms with Crippen LogP contribution < -0.4 is 0 Å². The molecule has 1 aromatic carbocycles. The van der Waals surface area contributed by atoms with E-state index in [0.717, 1.165) is 0 Å². The Morgan fingerprint density at radius 2 is 2.00 bits per heavy atom. The molecule has 1 N–H and O–H groups in total. The summed E-state index contributed by atoms with van der Waals surface area (Å²) in [5.74, 6) is -1.10. The average molecular weight is 291 g/mol. The first-order valence-electron chi connectivity index (χ1n) is 4.72. The van der Waals surface area contributed by atoms with Gasteiger partial charge >= 0.3 is 6.18 Å². The van der Waals surface area contributed by atoms with Crippen LogP contribution in [0.5, 0.6) is 0 Å². The summed E-state index contributed by atoms with van der Waals surface area (Å²) in [6, 6.07) is 2.60. The molecule has 0 radical (unpaired) electrons. The van der Waals surface area contributed by atoms with E-state index in [1.807, 2.05) is 0 Å². The van der Waals surface area contributed by atoms with Crippen molar-refractivity contribution in [3.63, 3.8) is 0 Å². The van der Waals surface area contributed by atoms with Crippen LogP contribution in [0.25, 0.3) is 11.3 Å². The third-order valence-corrected chi connectivity index (χ3v) is 2.55. The molecule has 0 bridgehead atoms. The molecule has 0 spiro atoms. The molecule has 0 aliphatic rings. The van der Waals surface area contributed by atoms with Gasteiger partial charge in [0.1, 0.15) is 11.8 Å². The molecule has 0 unspecified atom stereocenters. The lowest BCUT2D eigenvalue weighted by Gasteiger charge is -2.10. The second-order valence-electron chi connectivity index (χ2n) is 3.46. The number of nitrogens with zero attached hydrogens (tertiary/aromatic N) is 3. The Balaban J connectivity index is 2.71. The number of rotatable bonds is 1. The number of halogens is 5. The van der Waals surface area contributed by atoms with Crippen LogP contribution >= 0.6 is 11.6 Å². The molecule has 0 saturated carbocycles. The number of hydrogen-bond donors (Lipinski definition) is 1.